The number of carboxylic acids is 1. The summed E-state index contributed by atoms with van der Waals surface area (Å²) in [5.41, 5.74) is 0.210. The van der Waals surface area contributed by atoms with Crippen molar-refractivity contribution in [3.05, 3.63) is 71.3 Å². The molecular weight excluding hydrogens is 389 g/mol. The molecule has 3 rings (SSSR count). The number of halogens is 3. The molecule has 1 heterocycles. The van der Waals surface area contributed by atoms with Crippen molar-refractivity contribution in [2.24, 2.45) is 15.9 Å². The zero-order valence-corrected chi connectivity index (χ0v) is 15.7. The highest BCUT2D eigenvalue weighted by Gasteiger charge is 2.41. The number of carbonyl (C=O) groups is 1. The van der Waals surface area contributed by atoms with Gasteiger partial charge < -0.3 is 5.11 Å². The van der Waals surface area contributed by atoms with Crippen LogP contribution < -0.4 is 0 Å². The van der Waals surface area contributed by atoms with Crippen LogP contribution >= 0.6 is 11.8 Å². The number of aliphatic carboxylic acids is 1. The van der Waals surface area contributed by atoms with Crippen molar-refractivity contribution in [3.8, 4) is 0 Å². The number of hydrogen-bond donors (Lipinski definition) is 1. The average molecular weight is 406 g/mol. The zero-order chi connectivity index (χ0) is 20.3. The standard InChI is InChI=1S/C20H17F3N2O2S/c1-12-16(18(26)27)17(14-9-5-6-10-15(14)20(21,22)23)25-19(24-12)28-11-13-7-3-2-4-8-13/h2-10,16-17H,11H2,1H3,(H,26,27). The lowest BCUT2D eigenvalue weighted by molar-refractivity contribution is -0.142. The normalized spacial score (nSPS) is 19.7. The monoisotopic (exact) mass is 406 g/mol. The highest BCUT2D eigenvalue weighted by atomic mass is 32.2. The summed E-state index contributed by atoms with van der Waals surface area (Å²) < 4.78 is 40.4. The lowest BCUT2D eigenvalue weighted by Crippen LogP contribution is -2.32. The van der Waals surface area contributed by atoms with Gasteiger partial charge in [-0.3, -0.25) is 9.79 Å². The number of hydrogen-bond acceptors (Lipinski definition) is 4. The topological polar surface area (TPSA) is 62.0 Å². The minimum atomic E-state index is -4.60. The second kappa shape index (κ2) is 8.18. The maximum absolute atomic E-state index is 13.5. The molecule has 0 amide bonds. The number of nitrogens with zero attached hydrogens (tertiary/aromatic N) is 2. The number of thioether (sulfide) groups is 1. The van der Waals surface area contributed by atoms with Gasteiger partial charge in [0.25, 0.3) is 0 Å². The number of carboxylic acid groups (broad SMARTS) is 1. The summed E-state index contributed by atoms with van der Waals surface area (Å²) in [7, 11) is 0. The van der Waals surface area contributed by atoms with Crippen LogP contribution in [0.25, 0.3) is 0 Å². The number of alkyl halides is 3. The highest BCUT2D eigenvalue weighted by Crippen LogP contribution is 2.40. The fourth-order valence-electron chi connectivity index (χ4n) is 3.04. The first-order valence-corrected chi connectivity index (χ1v) is 9.44. The van der Waals surface area contributed by atoms with E-state index in [1.807, 2.05) is 30.3 Å². The van der Waals surface area contributed by atoms with E-state index in [1.54, 1.807) is 0 Å². The van der Waals surface area contributed by atoms with Gasteiger partial charge in [-0.25, -0.2) is 4.99 Å². The molecular formula is C20H17F3N2O2S. The van der Waals surface area contributed by atoms with E-state index in [-0.39, 0.29) is 16.4 Å². The molecule has 0 bridgehead atoms. The molecule has 146 valence electrons. The molecule has 0 spiro atoms. The Hall–Kier alpha value is -2.61. The molecule has 2 aromatic carbocycles. The molecule has 1 aliphatic heterocycles. The number of rotatable bonds is 4. The number of amidine groups is 1. The van der Waals surface area contributed by atoms with E-state index in [4.69, 9.17) is 0 Å². The summed E-state index contributed by atoms with van der Waals surface area (Å²) in [5.74, 6) is -1.97. The second-order valence-electron chi connectivity index (χ2n) is 6.28. The summed E-state index contributed by atoms with van der Waals surface area (Å²) in [4.78, 5) is 20.3. The molecule has 8 heteroatoms. The van der Waals surface area contributed by atoms with E-state index < -0.39 is 29.7 Å². The SMILES string of the molecule is CC1=NC(SCc2ccccc2)=NC(c2ccccc2C(F)(F)F)C1C(=O)O. The van der Waals surface area contributed by atoms with Gasteiger partial charge in [0.1, 0.15) is 5.92 Å². The van der Waals surface area contributed by atoms with Crippen LogP contribution in [0.15, 0.2) is 64.6 Å². The van der Waals surface area contributed by atoms with Gasteiger partial charge >= 0.3 is 12.1 Å². The molecule has 28 heavy (non-hydrogen) atoms. The third-order valence-electron chi connectivity index (χ3n) is 4.35. The summed E-state index contributed by atoms with van der Waals surface area (Å²) in [6, 6.07) is 13.3. The molecule has 0 saturated heterocycles. The van der Waals surface area contributed by atoms with Crippen molar-refractivity contribution >= 4 is 28.6 Å². The minimum Gasteiger partial charge on any atom is -0.481 e. The van der Waals surface area contributed by atoms with E-state index in [1.165, 1.54) is 36.9 Å². The maximum Gasteiger partial charge on any atom is 0.416 e. The van der Waals surface area contributed by atoms with Crippen LogP contribution in [0.1, 0.15) is 29.7 Å². The molecule has 1 N–H and O–H groups in total. The lowest BCUT2D eigenvalue weighted by atomic mass is 9.86. The van der Waals surface area contributed by atoms with E-state index >= 15 is 0 Å². The van der Waals surface area contributed by atoms with Crippen molar-refractivity contribution in [3.63, 3.8) is 0 Å². The third-order valence-corrected chi connectivity index (χ3v) is 5.28. The molecule has 0 saturated carbocycles. The first-order valence-electron chi connectivity index (χ1n) is 8.46. The minimum absolute atomic E-state index is 0.158. The van der Waals surface area contributed by atoms with Gasteiger partial charge in [-0.1, -0.05) is 60.3 Å². The van der Waals surface area contributed by atoms with E-state index in [2.05, 4.69) is 9.98 Å². The quantitative estimate of drug-likeness (QED) is 0.758. The molecule has 0 aromatic heterocycles. The van der Waals surface area contributed by atoms with Crippen LogP contribution in [-0.4, -0.2) is 22.0 Å². The van der Waals surface area contributed by atoms with Crippen LogP contribution in [0.3, 0.4) is 0 Å². The van der Waals surface area contributed by atoms with Gasteiger partial charge in [0.15, 0.2) is 5.17 Å². The van der Waals surface area contributed by atoms with Crippen LogP contribution in [-0.2, 0) is 16.7 Å². The van der Waals surface area contributed by atoms with E-state index in [0.717, 1.165) is 11.6 Å². The van der Waals surface area contributed by atoms with Gasteiger partial charge in [-0.05, 0) is 24.1 Å². The summed E-state index contributed by atoms with van der Waals surface area (Å²) in [5, 5.41) is 9.87. The summed E-state index contributed by atoms with van der Waals surface area (Å²) >= 11 is 1.27. The molecule has 2 unspecified atom stereocenters. The average Bonchev–Trinajstić information content (AvgIpc) is 2.65. The summed E-state index contributed by atoms with van der Waals surface area (Å²) in [6.07, 6.45) is -4.60. The van der Waals surface area contributed by atoms with Crippen LogP contribution in [0.5, 0.6) is 0 Å². The van der Waals surface area contributed by atoms with E-state index in [0.29, 0.717) is 5.75 Å². The van der Waals surface area contributed by atoms with Crippen molar-refractivity contribution in [2.75, 3.05) is 0 Å². The number of aliphatic imine (C=N–C) groups is 2. The molecule has 2 aromatic rings. The summed E-state index contributed by atoms with van der Waals surface area (Å²) in [6.45, 7) is 1.51. The third kappa shape index (κ3) is 4.44. The molecule has 1 aliphatic rings. The van der Waals surface area contributed by atoms with E-state index in [9.17, 15) is 23.1 Å². The smallest absolute Gasteiger partial charge is 0.416 e. The maximum atomic E-state index is 13.5. The van der Waals surface area contributed by atoms with Gasteiger partial charge in [0.2, 0.25) is 0 Å². The Morgan fingerprint density at radius 3 is 2.39 bits per heavy atom. The van der Waals surface area contributed by atoms with Crippen molar-refractivity contribution in [1.82, 2.24) is 0 Å². The molecule has 0 radical (unpaired) electrons. The predicted molar refractivity (Wildman–Crippen MR) is 104 cm³/mol. The van der Waals surface area contributed by atoms with Crippen LogP contribution in [0.4, 0.5) is 13.2 Å². The highest BCUT2D eigenvalue weighted by molar-refractivity contribution is 8.13. The molecule has 0 fully saturated rings. The van der Waals surface area contributed by atoms with Crippen LogP contribution in [0.2, 0.25) is 0 Å². The predicted octanol–water partition coefficient (Wildman–Crippen LogP) is 5.21. The molecule has 2 atom stereocenters. The Bertz CT molecular complexity index is 927. The lowest BCUT2D eigenvalue weighted by Gasteiger charge is -2.27. The van der Waals surface area contributed by atoms with Gasteiger partial charge in [-0.2, -0.15) is 13.2 Å². The Morgan fingerprint density at radius 1 is 1.11 bits per heavy atom. The Balaban J connectivity index is 1.98. The Morgan fingerprint density at radius 2 is 1.75 bits per heavy atom. The van der Waals surface area contributed by atoms with Gasteiger partial charge in [0.05, 0.1) is 11.6 Å². The second-order valence-corrected chi connectivity index (χ2v) is 7.23. The first-order chi connectivity index (χ1) is 13.3. The van der Waals surface area contributed by atoms with Crippen molar-refractivity contribution in [2.45, 2.75) is 24.9 Å². The fraction of sp³-hybridized carbons (Fsp3) is 0.250. The molecule has 4 nitrogen and oxygen atoms in total. The number of benzene rings is 2. The van der Waals surface area contributed by atoms with Crippen molar-refractivity contribution in [1.29, 1.82) is 0 Å². The fourth-order valence-corrected chi connectivity index (χ4v) is 3.92. The Labute approximate surface area is 164 Å². The first kappa shape index (κ1) is 20.1. The van der Waals surface area contributed by atoms with Crippen LogP contribution in [0, 0.1) is 5.92 Å². The largest absolute Gasteiger partial charge is 0.481 e. The van der Waals surface area contributed by atoms with Gasteiger partial charge in [0, 0.05) is 11.5 Å². The van der Waals surface area contributed by atoms with Gasteiger partial charge in [-0.15, -0.1) is 0 Å². The molecule has 0 aliphatic carbocycles. The Kier molecular flexibility index (Phi) is 5.88. The zero-order valence-electron chi connectivity index (χ0n) is 14.8. The van der Waals surface area contributed by atoms with Crippen molar-refractivity contribution < 1.29 is 23.1 Å².